The topological polar surface area (TPSA) is 44.8 Å². The van der Waals surface area contributed by atoms with Crippen LogP contribution in [0, 0.1) is 0 Å². The van der Waals surface area contributed by atoms with Crippen molar-refractivity contribution >= 4 is 12.0 Å². The minimum Gasteiger partial charge on any atom is -0.483 e. The van der Waals surface area contributed by atoms with Crippen molar-refractivity contribution in [2.45, 2.75) is 32.5 Å². The van der Waals surface area contributed by atoms with E-state index in [1.807, 2.05) is 26.0 Å². The third kappa shape index (κ3) is 2.10. The average Bonchev–Trinajstić information content (AvgIpc) is 2.77. The molecule has 0 aliphatic carbocycles. The van der Waals surface area contributed by atoms with Crippen LogP contribution in [0.25, 0.3) is 6.08 Å². The first-order valence-corrected chi connectivity index (χ1v) is 6.75. The van der Waals surface area contributed by atoms with Gasteiger partial charge in [0.05, 0.1) is 12.2 Å². The van der Waals surface area contributed by atoms with Gasteiger partial charge in [0.2, 0.25) is 0 Å². The van der Waals surface area contributed by atoms with Crippen LogP contribution in [0.1, 0.15) is 40.9 Å². The fourth-order valence-corrected chi connectivity index (χ4v) is 2.61. The molecule has 3 rings (SSSR count). The van der Waals surface area contributed by atoms with E-state index in [1.165, 1.54) is 0 Å². The molecule has 0 N–H and O–H groups in total. The molecule has 0 saturated heterocycles. The SMILES string of the molecule is COCCc1cc2c(c3c1C=CC(C)(C)O3)COC2=O. The maximum atomic E-state index is 11.8. The Balaban J connectivity index is 2.14. The van der Waals surface area contributed by atoms with Crippen LogP contribution in [0.3, 0.4) is 0 Å². The lowest BCUT2D eigenvalue weighted by atomic mass is 9.92. The molecule has 0 saturated carbocycles. The van der Waals surface area contributed by atoms with Gasteiger partial charge in [-0.25, -0.2) is 4.79 Å². The number of methoxy groups -OCH3 is 1. The molecule has 0 aromatic heterocycles. The van der Waals surface area contributed by atoms with Crippen LogP contribution in [0.4, 0.5) is 0 Å². The highest BCUT2D eigenvalue weighted by atomic mass is 16.5. The molecule has 20 heavy (non-hydrogen) atoms. The summed E-state index contributed by atoms with van der Waals surface area (Å²) in [4.78, 5) is 11.8. The summed E-state index contributed by atoms with van der Waals surface area (Å²) in [6.45, 7) is 4.90. The van der Waals surface area contributed by atoms with Crippen LogP contribution in [-0.2, 0) is 22.5 Å². The molecule has 0 spiro atoms. The Bertz CT molecular complexity index is 599. The lowest BCUT2D eigenvalue weighted by Crippen LogP contribution is -2.28. The normalized spacial score (nSPS) is 18.2. The molecule has 1 aromatic carbocycles. The number of fused-ring (bicyclic) bond motifs is 3. The van der Waals surface area contributed by atoms with E-state index < -0.39 is 0 Å². The molecule has 4 heteroatoms. The number of hydrogen-bond acceptors (Lipinski definition) is 4. The van der Waals surface area contributed by atoms with E-state index in [-0.39, 0.29) is 11.6 Å². The van der Waals surface area contributed by atoms with Gasteiger partial charge in [0.25, 0.3) is 0 Å². The van der Waals surface area contributed by atoms with Gasteiger partial charge in [-0.2, -0.15) is 0 Å². The summed E-state index contributed by atoms with van der Waals surface area (Å²) in [6, 6.07) is 1.91. The molecule has 0 amide bonds. The number of esters is 1. The van der Waals surface area contributed by atoms with E-state index in [0.29, 0.717) is 18.8 Å². The summed E-state index contributed by atoms with van der Waals surface area (Å²) >= 11 is 0. The monoisotopic (exact) mass is 274 g/mol. The first-order valence-electron chi connectivity index (χ1n) is 6.75. The Hall–Kier alpha value is -1.81. The fraction of sp³-hybridized carbons (Fsp3) is 0.438. The quantitative estimate of drug-likeness (QED) is 0.795. The Morgan fingerprint density at radius 1 is 1.40 bits per heavy atom. The molecule has 4 nitrogen and oxygen atoms in total. The van der Waals surface area contributed by atoms with Gasteiger partial charge in [-0.1, -0.05) is 6.08 Å². The maximum Gasteiger partial charge on any atom is 0.339 e. The Morgan fingerprint density at radius 2 is 2.20 bits per heavy atom. The van der Waals surface area contributed by atoms with Crippen molar-refractivity contribution in [2.24, 2.45) is 0 Å². The average molecular weight is 274 g/mol. The number of carbonyl (C=O) groups excluding carboxylic acids is 1. The first-order chi connectivity index (χ1) is 9.52. The van der Waals surface area contributed by atoms with Crippen molar-refractivity contribution < 1.29 is 19.0 Å². The van der Waals surface area contributed by atoms with Gasteiger partial charge < -0.3 is 14.2 Å². The minimum absolute atomic E-state index is 0.266. The molecule has 0 atom stereocenters. The zero-order valence-corrected chi connectivity index (χ0v) is 12.0. The van der Waals surface area contributed by atoms with Crippen molar-refractivity contribution in [2.75, 3.05) is 13.7 Å². The van der Waals surface area contributed by atoms with Gasteiger partial charge in [-0.3, -0.25) is 0 Å². The highest BCUT2D eigenvalue weighted by molar-refractivity contribution is 5.95. The highest BCUT2D eigenvalue weighted by Crippen LogP contribution is 2.41. The lowest BCUT2D eigenvalue weighted by molar-refractivity contribution is 0.0532. The van der Waals surface area contributed by atoms with Crippen LogP contribution >= 0.6 is 0 Å². The third-order valence-electron chi connectivity index (χ3n) is 3.67. The zero-order valence-electron chi connectivity index (χ0n) is 12.0. The number of benzene rings is 1. The van der Waals surface area contributed by atoms with Crippen LogP contribution in [0.5, 0.6) is 5.75 Å². The summed E-state index contributed by atoms with van der Waals surface area (Å²) in [5, 5.41) is 0. The number of carbonyl (C=O) groups is 1. The summed E-state index contributed by atoms with van der Waals surface area (Å²) in [7, 11) is 1.67. The van der Waals surface area contributed by atoms with Gasteiger partial charge in [-0.15, -0.1) is 0 Å². The second-order valence-corrected chi connectivity index (χ2v) is 5.66. The van der Waals surface area contributed by atoms with E-state index in [0.717, 1.165) is 28.9 Å². The summed E-state index contributed by atoms with van der Waals surface area (Å²) in [6.07, 6.45) is 4.86. The predicted molar refractivity (Wildman–Crippen MR) is 74.9 cm³/mol. The molecular formula is C16H18O4. The Kier molecular flexibility index (Phi) is 3.05. The second-order valence-electron chi connectivity index (χ2n) is 5.66. The molecular weight excluding hydrogens is 256 g/mol. The molecule has 0 bridgehead atoms. The third-order valence-corrected chi connectivity index (χ3v) is 3.67. The van der Waals surface area contributed by atoms with Gasteiger partial charge in [-0.05, 0) is 38.0 Å². The molecule has 106 valence electrons. The fourth-order valence-electron chi connectivity index (χ4n) is 2.61. The van der Waals surface area contributed by atoms with Gasteiger partial charge >= 0.3 is 5.97 Å². The minimum atomic E-state index is -0.369. The summed E-state index contributed by atoms with van der Waals surface area (Å²) < 4.78 is 16.4. The molecule has 1 aromatic rings. The van der Waals surface area contributed by atoms with E-state index >= 15 is 0 Å². The van der Waals surface area contributed by atoms with E-state index in [1.54, 1.807) is 7.11 Å². The number of cyclic esters (lactones) is 1. The smallest absolute Gasteiger partial charge is 0.339 e. The number of rotatable bonds is 3. The van der Waals surface area contributed by atoms with Gasteiger partial charge in [0.1, 0.15) is 18.0 Å². The number of hydrogen-bond donors (Lipinski definition) is 0. The lowest BCUT2D eigenvalue weighted by Gasteiger charge is -2.30. The zero-order chi connectivity index (χ0) is 14.3. The standard InChI is InChI=1S/C16H18O4/c1-16(2)6-4-11-10(5-7-18-3)8-12-13(14(11)20-16)9-19-15(12)17/h4,6,8H,5,7,9H2,1-3H3. The van der Waals surface area contributed by atoms with Crippen molar-refractivity contribution in [3.8, 4) is 5.75 Å². The molecule has 2 aliphatic rings. The second kappa shape index (κ2) is 4.63. The molecule has 2 aliphatic heterocycles. The largest absolute Gasteiger partial charge is 0.483 e. The van der Waals surface area contributed by atoms with Crippen molar-refractivity contribution in [1.82, 2.24) is 0 Å². The summed E-state index contributed by atoms with van der Waals surface area (Å²) in [5.74, 6) is 0.518. The van der Waals surface area contributed by atoms with E-state index in [2.05, 4.69) is 6.08 Å². The maximum absolute atomic E-state index is 11.8. The first kappa shape index (κ1) is 13.2. The Morgan fingerprint density at radius 3 is 2.95 bits per heavy atom. The Labute approximate surface area is 118 Å². The molecule has 0 radical (unpaired) electrons. The van der Waals surface area contributed by atoms with Gasteiger partial charge in [0, 0.05) is 18.2 Å². The van der Waals surface area contributed by atoms with Crippen LogP contribution in [0.15, 0.2) is 12.1 Å². The predicted octanol–water partition coefficient (Wildman–Crippen LogP) is 2.73. The van der Waals surface area contributed by atoms with Crippen LogP contribution in [0.2, 0.25) is 0 Å². The highest BCUT2D eigenvalue weighted by Gasteiger charge is 2.32. The molecule has 2 heterocycles. The van der Waals surface area contributed by atoms with Gasteiger partial charge in [0.15, 0.2) is 0 Å². The van der Waals surface area contributed by atoms with Crippen LogP contribution in [-0.4, -0.2) is 25.3 Å². The van der Waals surface area contributed by atoms with Crippen LogP contribution < -0.4 is 4.74 Å². The van der Waals surface area contributed by atoms with Crippen molar-refractivity contribution in [3.05, 3.63) is 34.4 Å². The van der Waals surface area contributed by atoms with Crippen molar-refractivity contribution in [3.63, 3.8) is 0 Å². The van der Waals surface area contributed by atoms with E-state index in [4.69, 9.17) is 14.2 Å². The van der Waals surface area contributed by atoms with Crippen molar-refractivity contribution in [1.29, 1.82) is 0 Å². The number of ether oxygens (including phenoxy) is 3. The summed E-state index contributed by atoms with van der Waals surface area (Å²) in [5.41, 5.74) is 3.22. The van der Waals surface area contributed by atoms with E-state index in [9.17, 15) is 4.79 Å². The molecule has 0 unspecified atom stereocenters. The molecule has 0 fully saturated rings.